The Morgan fingerprint density at radius 3 is 0.750 bits per heavy atom. The van der Waals surface area contributed by atoms with Crippen molar-refractivity contribution in [1.29, 1.82) is 0 Å². The van der Waals surface area contributed by atoms with Crippen molar-refractivity contribution in [2.45, 2.75) is 0 Å². The van der Waals surface area contributed by atoms with E-state index < -0.39 is 0 Å². The average Bonchev–Trinajstić information content (AvgIpc) is 0. The molecule has 0 saturated carbocycles. The van der Waals surface area contributed by atoms with E-state index in [0.717, 1.165) is 0 Å². The zero-order chi connectivity index (χ0) is 0. The fraction of sp³-hybridized carbons (Fsp3) is 0. The van der Waals surface area contributed by atoms with E-state index >= 15 is 0 Å². The normalized spacial score (nSPS) is 0. The Morgan fingerprint density at radius 1 is 0.750 bits per heavy atom. The van der Waals surface area contributed by atoms with E-state index in [1.54, 1.807) is 0 Å². The van der Waals surface area contributed by atoms with E-state index in [0.29, 0.717) is 0 Å². The molecule has 0 amide bonds. The van der Waals surface area contributed by atoms with Gasteiger partial charge in [-0.25, -0.2) is 0 Å². The molecule has 0 aliphatic heterocycles. The molecule has 0 saturated heterocycles. The van der Waals surface area contributed by atoms with Crippen LogP contribution in [0.25, 0.3) is 0 Å². The standard InChI is InChI=1S/Cr.2H3P.Rh/h;2*1H3;. The van der Waals surface area contributed by atoms with E-state index in [9.17, 15) is 0 Å². The molecule has 0 aliphatic carbocycles. The Bertz CT molecular complexity index is 6.00. The zero-order valence-electron chi connectivity index (χ0n) is 2.16. The van der Waals surface area contributed by atoms with E-state index in [1.165, 1.54) is 0 Å². The summed E-state index contributed by atoms with van der Waals surface area (Å²) in [6.45, 7) is 0. The van der Waals surface area contributed by atoms with Gasteiger partial charge in [0.2, 0.25) is 0 Å². The minimum absolute atomic E-state index is 0. The van der Waals surface area contributed by atoms with Gasteiger partial charge in [0.05, 0.1) is 0 Å². The summed E-state index contributed by atoms with van der Waals surface area (Å²) in [5.41, 5.74) is 0. The third kappa shape index (κ3) is 8.99. The van der Waals surface area contributed by atoms with E-state index in [-0.39, 0.29) is 56.6 Å². The minimum atomic E-state index is 0. The molecule has 0 rings (SSSR count). The van der Waals surface area contributed by atoms with Crippen LogP contribution >= 0.6 is 19.8 Å². The van der Waals surface area contributed by atoms with Gasteiger partial charge in [-0.15, -0.1) is 0 Å². The third-order valence-electron chi connectivity index (χ3n) is 0. The van der Waals surface area contributed by atoms with Crippen molar-refractivity contribution < 1.29 is 36.8 Å². The fourth-order valence-corrected chi connectivity index (χ4v) is 0. The molecule has 0 bridgehead atoms. The van der Waals surface area contributed by atoms with Crippen LogP contribution in [-0.2, 0) is 36.8 Å². The van der Waals surface area contributed by atoms with Crippen molar-refractivity contribution in [1.82, 2.24) is 0 Å². The van der Waals surface area contributed by atoms with Crippen LogP contribution in [0.3, 0.4) is 0 Å². The molecular weight excluding hydrogens is 217 g/mol. The van der Waals surface area contributed by atoms with Crippen molar-refractivity contribution in [3.63, 3.8) is 0 Å². The molecule has 0 heterocycles. The van der Waals surface area contributed by atoms with Crippen LogP contribution < -0.4 is 0 Å². The van der Waals surface area contributed by atoms with Crippen molar-refractivity contribution in [2.24, 2.45) is 0 Å². The molecule has 2 atom stereocenters. The van der Waals surface area contributed by atoms with Gasteiger partial charge in [-0.05, 0) is 0 Å². The summed E-state index contributed by atoms with van der Waals surface area (Å²) in [5, 5.41) is 0. The molecule has 0 fully saturated rings. The Kier molecular flexibility index (Phi) is 185. The van der Waals surface area contributed by atoms with Crippen LogP contribution in [0.5, 0.6) is 0 Å². The van der Waals surface area contributed by atoms with Crippen molar-refractivity contribution in [2.75, 3.05) is 0 Å². The van der Waals surface area contributed by atoms with Gasteiger partial charge in [0, 0.05) is 36.8 Å². The van der Waals surface area contributed by atoms with Gasteiger partial charge < -0.3 is 0 Å². The second-order valence-electron chi connectivity index (χ2n) is 0. The van der Waals surface area contributed by atoms with Gasteiger partial charge in [0.25, 0.3) is 0 Å². The second kappa shape index (κ2) is 19.9. The molecular formula is H6CrP2Rh. The molecule has 0 spiro atoms. The number of rotatable bonds is 0. The molecule has 0 aliphatic rings. The quantitative estimate of drug-likeness (QED) is 0.404. The molecule has 0 N–H and O–H groups in total. The van der Waals surface area contributed by atoms with Crippen LogP contribution in [-0.4, -0.2) is 0 Å². The summed E-state index contributed by atoms with van der Waals surface area (Å²) >= 11 is 0. The number of hydrogen-bond acceptors (Lipinski definition) is 0. The molecule has 0 aromatic rings. The average molecular weight is 223 g/mol. The van der Waals surface area contributed by atoms with Crippen molar-refractivity contribution in [3.8, 4) is 0 Å². The third-order valence-corrected chi connectivity index (χ3v) is 0. The molecule has 0 nitrogen and oxygen atoms in total. The fourth-order valence-electron chi connectivity index (χ4n) is 0. The molecule has 0 aromatic carbocycles. The van der Waals surface area contributed by atoms with Gasteiger partial charge in [0.15, 0.2) is 0 Å². The Morgan fingerprint density at radius 2 is 0.750 bits per heavy atom. The van der Waals surface area contributed by atoms with Crippen molar-refractivity contribution in [3.05, 3.63) is 0 Å². The molecule has 0 aromatic heterocycles. The summed E-state index contributed by atoms with van der Waals surface area (Å²) in [4.78, 5) is 0. The van der Waals surface area contributed by atoms with E-state index in [2.05, 4.69) is 0 Å². The van der Waals surface area contributed by atoms with Crippen molar-refractivity contribution >= 4 is 19.8 Å². The van der Waals surface area contributed by atoms with Crippen LogP contribution in [0.4, 0.5) is 0 Å². The van der Waals surface area contributed by atoms with Gasteiger partial charge in [0.1, 0.15) is 0 Å². The van der Waals surface area contributed by atoms with Gasteiger partial charge in [-0.2, -0.15) is 19.8 Å². The Hall–Kier alpha value is 2.02. The predicted molar refractivity (Wildman–Crippen MR) is 22.2 cm³/mol. The van der Waals surface area contributed by atoms with E-state index in [1.807, 2.05) is 0 Å². The summed E-state index contributed by atoms with van der Waals surface area (Å²) in [5.74, 6) is 0. The monoisotopic (exact) mass is 223 g/mol. The topological polar surface area (TPSA) is 0 Å². The summed E-state index contributed by atoms with van der Waals surface area (Å²) in [6, 6.07) is 0. The Labute approximate surface area is 56.6 Å². The molecule has 4 heteroatoms. The minimum Gasteiger partial charge on any atom is -0.153 e. The zero-order valence-corrected chi connectivity index (χ0v) is 7.90. The SMILES string of the molecule is P.P.[Cr].[Rh]. The summed E-state index contributed by atoms with van der Waals surface area (Å²) in [6.07, 6.45) is 0. The molecule has 4 heavy (non-hydrogen) atoms. The first-order valence-corrected chi connectivity index (χ1v) is 0. The first-order chi connectivity index (χ1) is 0. The van der Waals surface area contributed by atoms with Crippen LogP contribution in [0.2, 0.25) is 0 Å². The van der Waals surface area contributed by atoms with Gasteiger partial charge in [-0.1, -0.05) is 0 Å². The maximum Gasteiger partial charge on any atom is 0 e. The Balaban J connectivity index is 0. The maximum atomic E-state index is 0. The number of hydrogen-bond donors (Lipinski definition) is 0. The molecule has 31 valence electrons. The van der Waals surface area contributed by atoms with Crippen LogP contribution in [0.15, 0.2) is 0 Å². The van der Waals surface area contributed by atoms with E-state index in [4.69, 9.17) is 0 Å². The molecule has 1 radical (unpaired) electrons. The maximum absolute atomic E-state index is 0. The van der Waals surface area contributed by atoms with Crippen LogP contribution in [0, 0.1) is 0 Å². The summed E-state index contributed by atoms with van der Waals surface area (Å²) < 4.78 is 0. The molecule has 2 unspecified atom stereocenters. The largest absolute Gasteiger partial charge is 0.153 e. The smallest absolute Gasteiger partial charge is 0 e. The summed E-state index contributed by atoms with van der Waals surface area (Å²) in [7, 11) is 0. The second-order valence-corrected chi connectivity index (χ2v) is 0. The van der Waals surface area contributed by atoms with Gasteiger partial charge >= 0.3 is 0 Å². The first kappa shape index (κ1) is 37.2. The first-order valence-electron chi connectivity index (χ1n) is 0. The predicted octanol–water partition coefficient (Wildman–Crippen LogP) is 0.111. The van der Waals surface area contributed by atoms with Gasteiger partial charge in [-0.3, -0.25) is 0 Å². The van der Waals surface area contributed by atoms with Crippen LogP contribution in [0.1, 0.15) is 0 Å².